The Kier molecular flexibility index (Phi) is 12.2. The van der Waals surface area contributed by atoms with Crippen LogP contribution < -0.4 is 11.1 Å². The van der Waals surface area contributed by atoms with Gasteiger partial charge < -0.3 is 46.4 Å². The molecule has 5 aliphatic carbocycles. The molecule has 5 saturated carbocycles. The van der Waals surface area contributed by atoms with E-state index in [1.807, 2.05) is 0 Å². The van der Waals surface area contributed by atoms with Crippen molar-refractivity contribution < 1.29 is 40.2 Å². The Balaban J connectivity index is 1.23. The molecule has 2 bridgehead atoms. The number of aliphatic hydroxyl groups excluding tert-OH is 4. The maximum Gasteiger partial charge on any atom is 0.181 e. The summed E-state index contributed by atoms with van der Waals surface area (Å²) in [6.07, 6.45) is 7.93. The summed E-state index contributed by atoms with van der Waals surface area (Å²) in [6, 6.07) is 0. The molecule has 0 radical (unpaired) electrons. The van der Waals surface area contributed by atoms with Crippen molar-refractivity contribution in [1.82, 2.24) is 5.32 Å². The average Bonchev–Trinajstić information content (AvgIpc) is 3.65. The van der Waals surface area contributed by atoms with Crippen molar-refractivity contribution in [1.29, 1.82) is 0 Å². The fraction of sp³-hybridized carbons (Fsp3) is 0.955. The van der Waals surface area contributed by atoms with E-state index < -0.39 is 76.2 Å². The number of rotatable bonds is 12. The number of carbonyl (C=O) groups is 1. The van der Waals surface area contributed by atoms with Crippen LogP contribution in [0, 0.1) is 64.1 Å². The van der Waals surface area contributed by atoms with Crippen molar-refractivity contribution in [2.75, 3.05) is 19.7 Å². The van der Waals surface area contributed by atoms with Crippen LogP contribution in [0.2, 0.25) is 0 Å². The molecule has 11 nitrogen and oxygen atoms in total. The van der Waals surface area contributed by atoms with Gasteiger partial charge >= 0.3 is 0 Å². The third-order valence-corrected chi connectivity index (χ3v) is 17.5. The number of hydrogen-bond acceptors (Lipinski definition) is 11. The maximum absolute atomic E-state index is 15.3. The number of fused-ring (bicyclic) bond motifs is 3. The summed E-state index contributed by atoms with van der Waals surface area (Å²) in [5.41, 5.74) is 2.03. The molecule has 11 heteroatoms. The Hall–Kier alpha value is -1.02. The predicted octanol–water partition coefficient (Wildman–Crippen LogP) is 3.73. The summed E-state index contributed by atoms with van der Waals surface area (Å²) < 4.78 is 6.29. The summed E-state index contributed by atoms with van der Waals surface area (Å²) in [5.74, 6) is -1.50. The van der Waals surface area contributed by atoms with Crippen molar-refractivity contribution in [3.63, 3.8) is 0 Å². The van der Waals surface area contributed by atoms with Gasteiger partial charge in [-0.05, 0) is 138 Å². The number of unbranched alkanes of at least 4 members (excludes halogenated alkanes) is 3. The highest BCUT2D eigenvalue weighted by molar-refractivity contribution is 6.42. The van der Waals surface area contributed by atoms with Crippen LogP contribution in [0.4, 0.5) is 0 Å². The Labute approximate surface area is 329 Å². The number of aliphatic hydroxyl groups is 6. The van der Waals surface area contributed by atoms with Gasteiger partial charge in [0.2, 0.25) is 0 Å². The Bertz CT molecular complexity index is 1400. The summed E-state index contributed by atoms with van der Waals surface area (Å²) >= 11 is 0. The molecule has 0 spiro atoms. The van der Waals surface area contributed by atoms with Gasteiger partial charge in [0, 0.05) is 17.3 Å². The molecule has 55 heavy (non-hydrogen) atoms. The first-order valence-corrected chi connectivity index (χ1v) is 22.4. The average molecular weight is 774 g/mol. The van der Waals surface area contributed by atoms with Crippen molar-refractivity contribution in [2.45, 2.75) is 179 Å². The second kappa shape index (κ2) is 15.9. The van der Waals surface area contributed by atoms with Gasteiger partial charge in [-0.1, -0.05) is 46.5 Å². The molecular weight excluding hydrogens is 698 g/mol. The van der Waals surface area contributed by atoms with E-state index in [2.05, 4.69) is 26.1 Å². The van der Waals surface area contributed by atoms with Crippen molar-refractivity contribution in [3.05, 3.63) is 0 Å². The van der Waals surface area contributed by atoms with Gasteiger partial charge in [0.1, 0.15) is 6.10 Å². The molecule has 2 saturated heterocycles. The number of ketones is 1. The number of nitrogens with two attached hydrogens (primary N) is 1. The van der Waals surface area contributed by atoms with Gasteiger partial charge in [-0.3, -0.25) is 9.79 Å². The van der Waals surface area contributed by atoms with Crippen LogP contribution in [-0.4, -0.2) is 110 Å². The van der Waals surface area contributed by atoms with E-state index in [-0.39, 0.29) is 36.2 Å². The number of ether oxygens (including phenoxy) is 1. The fourth-order valence-corrected chi connectivity index (χ4v) is 14.6. The lowest BCUT2D eigenvalue weighted by molar-refractivity contribution is -0.247. The van der Waals surface area contributed by atoms with Crippen LogP contribution in [0.5, 0.6) is 0 Å². The molecule has 2 aliphatic heterocycles. The fourth-order valence-electron chi connectivity index (χ4n) is 14.6. The molecule has 2 heterocycles. The highest BCUT2D eigenvalue weighted by atomic mass is 16.5. The second-order valence-corrected chi connectivity index (χ2v) is 20.4. The van der Waals surface area contributed by atoms with Crippen LogP contribution in [0.25, 0.3) is 0 Å². The summed E-state index contributed by atoms with van der Waals surface area (Å²) in [4.78, 5) is 20.2. The van der Waals surface area contributed by atoms with Crippen molar-refractivity contribution in [3.8, 4) is 0 Å². The first kappa shape index (κ1) is 42.1. The topological polar surface area (TPSA) is 198 Å². The molecule has 0 aromatic heterocycles. The van der Waals surface area contributed by atoms with E-state index in [0.29, 0.717) is 62.7 Å². The lowest BCUT2D eigenvalue weighted by Gasteiger charge is -2.69. The molecule has 7 aliphatic rings. The highest BCUT2D eigenvalue weighted by Crippen LogP contribution is 2.73. The van der Waals surface area contributed by atoms with Crippen LogP contribution >= 0.6 is 0 Å². The molecule has 9 N–H and O–H groups in total. The van der Waals surface area contributed by atoms with Crippen molar-refractivity contribution >= 4 is 11.5 Å². The molecule has 314 valence electrons. The van der Waals surface area contributed by atoms with Crippen LogP contribution in [0.3, 0.4) is 0 Å². The third kappa shape index (κ3) is 6.83. The standard InChI is InChI=1S/C44H75N3O8/c1-6-7-8-9-10-27-23-55-39(25(27)3)40(52)42(5,53)32-16-18-44(54)35-30(15-17-41(32,44)4)43-20-31(49)37(50)29(34(43)38(51)36(35)47-21-24(2)48)13-12-28(43)19-26-11-14-33(45)46-22-26/h24-35,37,39-40,46,48-50,52-54H,6-23,45H2,1-5H3/t24-,25-,26?,27-,28+,29+,30+,31-,32+,33?,34+,35-,37+,39+,40+,41+,42+,43+,44-/m0/s1. The zero-order valence-electron chi connectivity index (χ0n) is 34.4. The van der Waals surface area contributed by atoms with E-state index in [1.165, 1.54) is 19.3 Å². The molecule has 7 fully saturated rings. The van der Waals surface area contributed by atoms with Crippen LogP contribution in [0.1, 0.15) is 131 Å². The quantitative estimate of drug-likeness (QED) is 0.135. The second-order valence-electron chi connectivity index (χ2n) is 20.4. The van der Waals surface area contributed by atoms with Crippen LogP contribution in [-0.2, 0) is 9.53 Å². The van der Waals surface area contributed by atoms with Gasteiger partial charge in [0.15, 0.2) is 5.78 Å². The molecule has 0 aromatic rings. The number of hydrogen-bond donors (Lipinski definition) is 8. The van der Waals surface area contributed by atoms with Crippen molar-refractivity contribution in [2.24, 2.45) is 74.8 Å². The van der Waals surface area contributed by atoms with Gasteiger partial charge in [-0.2, -0.15) is 0 Å². The number of Topliss-reactive ketones (excluding diaryl/α,β-unsaturated/α-hetero) is 1. The molecular formula is C44H75N3O8. The minimum atomic E-state index is -1.57. The summed E-state index contributed by atoms with van der Waals surface area (Å²) in [6.45, 7) is 11.2. The first-order valence-electron chi connectivity index (χ1n) is 22.4. The van der Waals surface area contributed by atoms with Gasteiger partial charge in [0.25, 0.3) is 0 Å². The minimum absolute atomic E-state index is 0.0189. The Morgan fingerprint density at radius 2 is 1.82 bits per heavy atom. The Morgan fingerprint density at radius 3 is 2.51 bits per heavy atom. The molecule has 19 atom stereocenters. The summed E-state index contributed by atoms with van der Waals surface area (Å²) in [7, 11) is 0. The van der Waals surface area contributed by atoms with E-state index in [0.717, 1.165) is 45.1 Å². The number of aliphatic imine (C=N–C) groups is 1. The number of nitrogens with zero attached hydrogens (tertiary/aromatic N) is 1. The minimum Gasteiger partial charge on any atom is -0.391 e. The normalized spacial score (nSPS) is 49.9. The molecule has 0 aromatic carbocycles. The lowest BCUT2D eigenvalue weighted by Crippen LogP contribution is -2.74. The smallest absolute Gasteiger partial charge is 0.181 e. The van der Waals surface area contributed by atoms with Gasteiger partial charge in [-0.15, -0.1) is 0 Å². The van der Waals surface area contributed by atoms with E-state index in [4.69, 9.17) is 15.5 Å². The molecule has 7 rings (SSSR count). The SMILES string of the molecule is CCCCCC[C@H]1CO[C@@H]([C@@H](O)[C@](C)(O)[C@@H]2CC[C@]3(O)[C@@H]4C(=NC[C@H](C)O)C(=O)[C@H]5[C@H]6CC[C@H](CC7CCC(N)NC7)[C@]5(C[C@H](O)[C@@H]6O)[C@@H]4CC[C@]23C)[C@H]1C. The number of carbonyl (C=O) groups excluding carboxylic acids is 1. The zero-order valence-corrected chi connectivity index (χ0v) is 34.4. The highest BCUT2D eigenvalue weighted by Gasteiger charge is 2.76. The van der Waals surface area contributed by atoms with E-state index in [1.54, 1.807) is 13.8 Å². The number of nitrogens with one attached hydrogen (secondary N) is 1. The summed E-state index contributed by atoms with van der Waals surface area (Å²) in [5, 5.41) is 75.2. The predicted molar refractivity (Wildman–Crippen MR) is 211 cm³/mol. The molecule has 0 amide bonds. The largest absolute Gasteiger partial charge is 0.391 e. The molecule has 2 unspecified atom stereocenters. The van der Waals surface area contributed by atoms with E-state index in [9.17, 15) is 30.6 Å². The Morgan fingerprint density at radius 1 is 1.05 bits per heavy atom. The zero-order chi connectivity index (χ0) is 39.7. The number of piperidine rings is 1. The lowest BCUT2D eigenvalue weighted by atomic mass is 9.35. The van der Waals surface area contributed by atoms with Gasteiger partial charge in [0.05, 0.1) is 60.6 Å². The van der Waals surface area contributed by atoms with Crippen LogP contribution in [0.15, 0.2) is 4.99 Å². The first-order chi connectivity index (χ1) is 26.0. The third-order valence-electron chi connectivity index (χ3n) is 17.5. The maximum atomic E-state index is 15.3. The van der Waals surface area contributed by atoms with E-state index >= 15 is 4.79 Å². The monoisotopic (exact) mass is 774 g/mol. The van der Waals surface area contributed by atoms with Gasteiger partial charge in [-0.25, -0.2) is 0 Å².